The highest BCUT2D eigenvalue weighted by molar-refractivity contribution is 5.76. The quantitative estimate of drug-likeness (QED) is 0.815. The molecule has 0 spiro atoms. The minimum Gasteiger partial charge on any atom is -0.481 e. The molecule has 0 aromatic carbocycles. The lowest BCUT2D eigenvalue weighted by Crippen LogP contribution is -2.13. The summed E-state index contributed by atoms with van der Waals surface area (Å²) >= 11 is 0. The van der Waals surface area contributed by atoms with Crippen LogP contribution < -0.4 is 4.74 Å². The van der Waals surface area contributed by atoms with E-state index >= 15 is 0 Å². The van der Waals surface area contributed by atoms with Crippen molar-refractivity contribution in [2.75, 3.05) is 7.11 Å². The molecule has 4 nitrogen and oxygen atoms in total. The Bertz CT molecular complexity index is 357. The van der Waals surface area contributed by atoms with Crippen molar-refractivity contribution in [3.63, 3.8) is 0 Å². The highest BCUT2D eigenvalue weighted by atomic mass is 16.5. The summed E-state index contributed by atoms with van der Waals surface area (Å²) in [5, 5.41) is 9.10. The van der Waals surface area contributed by atoms with E-state index in [9.17, 15) is 4.79 Å². The second kappa shape index (κ2) is 3.88. The standard InChI is InChI=1S/C11H13NO3/c1-15-9-5-4-8(6-12-9)10(11(13)14)7-2-3-7/h4-7,10H,2-3H2,1H3,(H,13,14). The van der Waals surface area contributed by atoms with Gasteiger partial charge in [-0.1, -0.05) is 6.07 Å². The molecule has 1 fully saturated rings. The lowest BCUT2D eigenvalue weighted by atomic mass is 9.96. The molecule has 1 N–H and O–H groups in total. The first-order valence-electron chi connectivity index (χ1n) is 4.95. The van der Waals surface area contributed by atoms with E-state index in [1.54, 1.807) is 18.3 Å². The molecule has 1 unspecified atom stereocenters. The van der Waals surface area contributed by atoms with E-state index in [1.807, 2.05) is 0 Å². The van der Waals surface area contributed by atoms with Crippen LogP contribution in [0.3, 0.4) is 0 Å². The zero-order valence-corrected chi connectivity index (χ0v) is 8.51. The summed E-state index contributed by atoms with van der Waals surface area (Å²) < 4.78 is 4.93. The maximum absolute atomic E-state index is 11.1. The van der Waals surface area contributed by atoms with Crippen LogP contribution in [0.25, 0.3) is 0 Å². The molecular weight excluding hydrogens is 194 g/mol. The number of pyridine rings is 1. The number of ether oxygens (including phenoxy) is 1. The summed E-state index contributed by atoms with van der Waals surface area (Å²) in [6.45, 7) is 0. The van der Waals surface area contributed by atoms with Crippen molar-refractivity contribution in [1.29, 1.82) is 0 Å². The maximum atomic E-state index is 11.1. The second-order valence-electron chi connectivity index (χ2n) is 3.79. The van der Waals surface area contributed by atoms with Gasteiger partial charge in [0.05, 0.1) is 13.0 Å². The van der Waals surface area contributed by atoms with Crippen LogP contribution in [0.2, 0.25) is 0 Å². The summed E-state index contributed by atoms with van der Waals surface area (Å²) in [5.74, 6) is -0.357. The highest BCUT2D eigenvalue weighted by Crippen LogP contribution is 2.42. The van der Waals surface area contributed by atoms with Crippen LogP contribution in [-0.4, -0.2) is 23.2 Å². The third-order valence-corrected chi connectivity index (χ3v) is 2.69. The van der Waals surface area contributed by atoms with Crippen molar-refractivity contribution in [2.24, 2.45) is 5.92 Å². The smallest absolute Gasteiger partial charge is 0.311 e. The van der Waals surface area contributed by atoms with Crippen LogP contribution in [0.5, 0.6) is 5.88 Å². The summed E-state index contributed by atoms with van der Waals surface area (Å²) in [4.78, 5) is 15.1. The van der Waals surface area contributed by atoms with Gasteiger partial charge in [-0.2, -0.15) is 0 Å². The van der Waals surface area contributed by atoms with E-state index in [0.717, 1.165) is 18.4 Å². The highest BCUT2D eigenvalue weighted by Gasteiger charge is 2.37. The molecule has 1 aliphatic carbocycles. The molecule has 0 radical (unpaired) electrons. The Morgan fingerprint density at radius 3 is 2.73 bits per heavy atom. The van der Waals surface area contributed by atoms with Crippen LogP contribution in [0.4, 0.5) is 0 Å². The first-order valence-corrected chi connectivity index (χ1v) is 4.95. The van der Waals surface area contributed by atoms with E-state index in [-0.39, 0.29) is 5.92 Å². The molecular formula is C11H13NO3. The summed E-state index contributed by atoms with van der Waals surface area (Å²) in [7, 11) is 1.54. The zero-order valence-electron chi connectivity index (χ0n) is 8.51. The predicted octanol–water partition coefficient (Wildman–Crippen LogP) is 1.67. The monoisotopic (exact) mass is 207 g/mol. The normalized spacial score (nSPS) is 17.1. The van der Waals surface area contributed by atoms with E-state index in [0.29, 0.717) is 5.88 Å². The van der Waals surface area contributed by atoms with Gasteiger partial charge in [-0.05, 0) is 24.3 Å². The van der Waals surface area contributed by atoms with Crippen LogP contribution >= 0.6 is 0 Å². The van der Waals surface area contributed by atoms with Crippen molar-refractivity contribution in [3.8, 4) is 5.88 Å². The Morgan fingerprint density at radius 1 is 1.60 bits per heavy atom. The zero-order chi connectivity index (χ0) is 10.8. The minimum absolute atomic E-state index is 0.290. The van der Waals surface area contributed by atoms with Gasteiger partial charge in [-0.3, -0.25) is 4.79 Å². The van der Waals surface area contributed by atoms with Crippen LogP contribution in [0.15, 0.2) is 18.3 Å². The molecule has 2 rings (SSSR count). The van der Waals surface area contributed by atoms with Gasteiger partial charge in [0, 0.05) is 12.3 Å². The van der Waals surface area contributed by atoms with E-state index in [4.69, 9.17) is 9.84 Å². The number of methoxy groups -OCH3 is 1. The molecule has 80 valence electrons. The average molecular weight is 207 g/mol. The van der Waals surface area contributed by atoms with E-state index < -0.39 is 11.9 Å². The van der Waals surface area contributed by atoms with Gasteiger partial charge in [0.15, 0.2) is 0 Å². The van der Waals surface area contributed by atoms with Crippen molar-refractivity contribution in [3.05, 3.63) is 23.9 Å². The minimum atomic E-state index is -0.760. The summed E-state index contributed by atoms with van der Waals surface area (Å²) in [6, 6.07) is 3.48. The molecule has 1 aromatic rings. The van der Waals surface area contributed by atoms with Crippen LogP contribution in [0, 0.1) is 5.92 Å². The number of rotatable bonds is 4. The second-order valence-corrected chi connectivity index (χ2v) is 3.79. The fourth-order valence-electron chi connectivity index (χ4n) is 1.74. The number of nitrogens with zero attached hydrogens (tertiary/aromatic N) is 1. The van der Waals surface area contributed by atoms with Gasteiger partial charge in [-0.25, -0.2) is 4.98 Å². The molecule has 0 aliphatic heterocycles. The van der Waals surface area contributed by atoms with Gasteiger partial charge in [0.2, 0.25) is 5.88 Å². The van der Waals surface area contributed by atoms with Crippen molar-refractivity contribution in [2.45, 2.75) is 18.8 Å². The third kappa shape index (κ3) is 2.09. The number of carbonyl (C=O) groups is 1. The molecule has 1 atom stereocenters. The Kier molecular flexibility index (Phi) is 2.58. The first-order chi connectivity index (χ1) is 7.22. The van der Waals surface area contributed by atoms with E-state index in [1.165, 1.54) is 7.11 Å². The maximum Gasteiger partial charge on any atom is 0.311 e. The summed E-state index contributed by atoms with van der Waals surface area (Å²) in [6.07, 6.45) is 3.60. The molecule has 1 aromatic heterocycles. The van der Waals surface area contributed by atoms with E-state index in [2.05, 4.69) is 4.98 Å². The van der Waals surface area contributed by atoms with Gasteiger partial charge in [0.1, 0.15) is 0 Å². The van der Waals surface area contributed by atoms with Gasteiger partial charge in [0.25, 0.3) is 0 Å². The lowest BCUT2D eigenvalue weighted by Gasteiger charge is -2.11. The number of hydrogen-bond acceptors (Lipinski definition) is 3. The number of aliphatic carboxylic acids is 1. The number of carboxylic acids is 1. The fourth-order valence-corrected chi connectivity index (χ4v) is 1.74. The molecule has 1 saturated carbocycles. The van der Waals surface area contributed by atoms with Gasteiger partial charge < -0.3 is 9.84 Å². The molecule has 15 heavy (non-hydrogen) atoms. The molecule has 1 aliphatic rings. The van der Waals surface area contributed by atoms with Crippen LogP contribution in [0.1, 0.15) is 24.3 Å². The number of aromatic nitrogens is 1. The topological polar surface area (TPSA) is 59.4 Å². The predicted molar refractivity (Wildman–Crippen MR) is 53.9 cm³/mol. The number of hydrogen-bond donors (Lipinski definition) is 1. The van der Waals surface area contributed by atoms with Crippen molar-refractivity contribution < 1.29 is 14.6 Å². The fraction of sp³-hybridized carbons (Fsp3) is 0.455. The summed E-state index contributed by atoms with van der Waals surface area (Å²) in [5.41, 5.74) is 0.769. The first kappa shape index (κ1) is 9.96. The van der Waals surface area contributed by atoms with Crippen molar-refractivity contribution >= 4 is 5.97 Å². The Labute approximate surface area is 87.9 Å². The lowest BCUT2D eigenvalue weighted by molar-refractivity contribution is -0.139. The Morgan fingerprint density at radius 2 is 2.33 bits per heavy atom. The SMILES string of the molecule is COc1ccc(C(C(=O)O)C2CC2)cn1. The molecule has 4 heteroatoms. The largest absolute Gasteiger partial charge is 0.481 e. The average Bonchev–Trinajstić information content (AvgIpc) is 3.03. The number of carboxylic acid groups (broad SMARTS) is 1. The molecule has 0 amide bonds. The van der Waals surface area contributed by atoms with Crippen molar-refractivity contribution in [1.82, 2.24) is 4.98 Å². The Balaban J connectivity index is 2.22. The van der Waals surface area contributed by atoms with Gasteiger partial charge in [-0.15, -0.1) is 0 Å². The Hall–Kier alpha value is -1.58. The molecule has 0 saturated heterocycles. The molecule has 1 heterocycles. The van der Waals surface area contributed by atoms with Crippen LogP contribution in [-0.2, 0) is 4.79 Å². The third-order valence-electron chi connectivity index (χ3n) is 2.69. The molecule has 0 bridgehead atoms. The van der Waals surface area contributed by atoms with Gasteiger partial charge >= 0.3 is 5.97 Å².